The summed E-state index contributed by atoms with van der Waals surface area (Å²) in [6, 6.07) is 0. The summed E-state index contributed by atoms with van der Waals surface area (Å²) in [6.07, 6.45) is 5.81. The third-order valence-electron chi connectivity index (χ3n) is 2.06. The molecule has 0 aliphatic heterocycles. The molecule has 1 amide bonds. The lowest BCUT2D eigenvalue weighted by molar-refractivity contribution is 0.178. The molecule has 1 N–H and O–H groups in total. The lowest BCUT2D eigenvalue weighted by atomic mass is 10.1. The van der Waals surface area contributed by atoms with Crippen molar-refractivity contribution in [1.29, 1.82) is 0 Å². The molecule has 0 aliphatic rings. The van der Waals surface area contributed by atoms with Crippen LogP contribution in [0.4, 0.5) is 4.79 Å². The van der Waals surface area contributed by atoms with Crippen molar-refractivity contribution in [3.63, 3.8) is 0 Å². The van der Waals surface area contributed by atoms with E-state index in [1.807, 2.05) is 6.08 Å². The van der Waals surface area contributed by atoms with Gasteiger partial charge in [-0.15, -0.1) is 0 Å². The molecule has 0 atom stereocenters. The van der Waals surface area contributed by atoms with Gasteiger partial charge in [-0.2, -0.15) is 0 Å². The number of nitrogens with one attached hydrogen (secondary N) is 1. The van der Waals surface area contributed by atoms with Gasteiger partial charge in [-0.25, -0.2) is 4.79 Å². The van der Waals surface area contributed by atoms with Crippen LogP contribution in [0.2, 0.25) is 0 Å². The highest BCUT2D eigenvalue weighted by atomic mass is 16.6. The number of ether oxygens (including phenoxy) is 1. The van der Waals surface area contributed by atoms with E-state index in [1.165, 1.54) is 11.1 Å². The summed E-state index contributed by atoms with van der Waals surface area (Å²) in [5.74, 6) is 0.395. The monoisotopic (exact) mass is 237 g/mol. The van der Waals surface area contributed by atoms with Gasteiger partial charge in [0.25, 0.3) is 0 Å². The molecule has 0 aliphatic carbocycles. The van der Waals surface area contributed by atoms with E-state index in [0.717, 1.165) is 12.8 Å². The Labute approximate surface area is 104 Å². The maximum atomic E-state index is 11.1. The predicted molar refractivity (Wildman–Crippen MR) is 71.7 cm³/mol. The predicted octanol–water partition coefficient (Wildman–Crippen LogP) is 3.94. The highest BCUT2D eigenvalue weighted by molar-refractivity contribution is 5.68. The zero-order chi connectivity index (χ0) is 13.3. The molecular weight excluding hydrogens is 214 g/mol. The SMILES string of the molecule is C=C(C)OC(=O)NC/C=C(/C)CCC=C(C)C. The van der Waals surface area contributed by atoms with Crippen LogP contribution in [0.1, 0.15) is 40.5 Å². The number of carbonyl (C=O) groups excluding carboxylic acids is 1. The summed E-state index contributed by atoms with van der Waals surface area (Å²) in [4.78, 5) is 11.1. The number of rotatable bonds is 6. The average molecular weight is 237 g/mol. The van der Waals surface area contributed by atoms with Gasteiger partial charge in [0.2, 0.25) is 0 Å². The fourth-order valence-electron chi connectivity index (χ4n) is 1.19. The number of carbonyl (C=O) groups is 1. The van der Waals surface area contributed by atoms with Crippen LogP contribution in [0.25, 0.3) is 0 Å². The average Bonchev–Trinajstić information content (AvgIpc) is 2.15. The molecule has 0 bridgehead atoms. The molecule has 0 aromatic heterocycles. The van der Waals surface area contributed by atoms with Crippen LogP contribution in [0.15, 0.2) is 35.6 Å². The normalized spacial score (nSPS) is 10.7. The van der Waals surface area contributed by atoms with Gasteiger partial charge in [0.1, 0.15) is 0 Å². The number of hydrogen-bond acceptors (Lipinski definition) is 2. The Bertz CT molecular complexity index is 323. The van der Waals surface area contributed by atoms with Gasteiger partial charge in [-0.3, -0.25) is 0 Å². The summed E-state index contributed by atoms with van der Waals surface area (Å²) in [7, 11) is 0. The van der Waals surface area contributed by atoms with Gasteiger partial charge in [0.15, 0.2) is 0 Å². The van der Waals surface area contributed by atoms with Gasteiger partial charge in [-0.1, -0.05) is 29.9 Å². The fourth-order valence-corrected chi connectivity index (χ4v) is 1.19. The van der Waals surface area contributed by atoms with Crippen molar-refractivity contribution in [2.75, 3.05) is 6.54 Å². The van der Waals surface area contributed by atoms with E-state index in [2.05, 4.69) is 38.7 Å². The van der Waals surface area contributed by atoms with Gasteiger partial charge >= 0.3 is 6.09 Å². The van der Waals surface area contributed by atoms with Gasteiger partial charge < -0.3 is 10.1 Å². The largest absolute Gasteiger partial charge is 0.416 e. The molecule has 0 unspecified atom stereocenters. The molecule has 0 saturated carbocycles. The third-order valence-corrected chi connectivity index (χ3v) is 2.06. The lowest BCUT2D eigenvalue weighted by Crippen LogP contribution is -2.23. The molecule has 0 fully saturated rings. The van der Waals surface area contributed by atoms with Crippen molar-refractivity contribution in [1.82, 2.24) is 5.32 Å². The van der Waals surface area contributed by atoms with Crippen LogP contribution in [0, 0.1) is 0 Å². The van der Waals surface area contributed by atoms with Crippen LogP contribution >= 0.6 is 0 Å². The van der Waals surface area contributed by atoms with E-state index in [1.54, 1.807) is 6.92 Å². The van der Waals surface area contributed by atoms with Crippen molar-refractivity contribution >= 4 is 6.09 Å². The molecular formula is C14H23NO2. The molecule has 0 rings (SSSR count). The van der Waals surface area contributed by atoms with Crippen LogP contribution in [-0.4, -0.2) is 12.6 Å². The molecule has 17 heavy (non-hydrogen) atoms. The molecule has 0 aromatic carbocycles. The second-order valence-corrected chi connectivity index (χ2v) is 4.34. The maximum Gasteiger partial charge on any atom is 0.412 e. The number of alkyl carbamates (subject to hydrolysis) is 1. The summed E-state index contributed by atoms with van der Waals surface area (Å²) in [6.45, 7) is 11.9. The molecule has 3 nitrogen and oxygen atoms in total. The minimum atomic E-state index is -0.453. The quantitative estimate of drug-likeness (QED) is 0.561. The van der Waals surface area contributed by atoms with Crippen LogP contribution in [0.3, 0.4) is 0 Å². The Kier molecular flexibility index (Phi) is 7.85. The van der Waals surface area contributed by atoms with Crippen molar-refractivity contribution in [3.8, 4) is 0 Å². The summed E-state index contributed by atoms with van der Waals surface area (Å²) in [5.41, 5.74) is 2.60. The van der Waals surface area contributed by atoms with Crippen LogP contribution in [0.5, 0.6) is 0 Å². The number of amides is 1. The van der Waals surface area contributed by atoms with E-state index < -0.39 is 6.09 Å². The Morgan fingerprint density at radius 2 is 1.88 bits per heavy atom. The second kappa shape index (κ2) is 8.62. The first kappa shape index (κ1) is 15.5. The van der Waals surface area contributed by atoms with Gasteiger partial charge in [0, 0.05) is 6.54 Å². The van der Waals surface area contributed by atoms with E-state index in [0.29, 0.717) is 12.3 Å². The van der Waals surface area contributed by atoms with E-state index in [-0.39, 0.29) is 0 Å². The van der Waals surface area contributed by atoms with E-state index in [9.17, 15) is 4.79 Å². The van der Waals surface area contributed by atoms with Crippen LogP contribution < -0.4 is 5.32 Å². The van der Waals surface area contributed by atoms with E-state index >= 15 is 0 Å². The molecule has 0 aromatic rings. The van der Waals surface area contributed by atoms with Gasteiger partial charge in [0.05, 0.1) is 5.76 Å². The second-order valence-electron chi connectivity index (χ2n) is 4.34. The molecule has 0 heterocycles. The van der Waals surface area contributed by atoms with Crippen molar-refractivity contribution in [2.45, 2.75) is 40.5 Å². The molecule has 0 spiro atoms. The highest BCUT2D eigenvalue weighted by Gasteiger charge is 1.99. The molecule has 3 heteroatoms. The summed E-state index contributed by atoms with van der Waals surface area (Å²) < 4.78 is 4.76. The van der Waals surface area contributed by atoms with Crippen molar-refractivity contribution < 1.29 is 9.53 Å². The number of hydrogen-bond donors (Lipinski definition) is 1. The molecule has 0 saturated heterocycles. The molecule has 96 valence electrons. The first-order valence-electron chi connectivity index (χ1n) is 5.82. The minimum absolute atomic E-state index is 0.395. The fraction of sp³-hybridized carbons (Fsp3) is 0.500. The Morgan fingerprint density at radius 1 is 1.24 bits per heavy atom. The lowest BCUT2D eigenvalue weighted by Gasteiger charge is -2.04. The van der Waals surface area contributed by atoms with Crippen LogP contribution in [-0.2, 0) is 4.74 Å². The zero-order valence-electron chi connectivity index (χ0n) is 11.3. The Hall–Kier alpha value is -1.51. The third kappa shape index (κ3) is 10.8. The Balaban J connectivity index is 3.80. The first-order valence-corrected chi connectivity index (χ1v) is 5.82. The first-order chi connectivity index (χ1) is 7.91. The standard InChI is InChI=1S/C14H23NO2/c1-11(2)7-6-8-13(5)9-10-15-14(16)17-12(3)4/h7,9H,3,6,8,10H2,1-2,4-5H3,(H,15,16)/b13-9-. The van der Waals surface area contributed by atoms with Crippen molar-refractivity contribution in [2.24, 2.45) is 0 Å². The maximum absolute atomic E-state index is 11.1. The molecule has 0 radical (unpaired) electrons. The summed E-state index contributed by atoms with van der Waals surface area (Å²) >= 11 is 0. The highest BCUT2D eigenvalue weighted by Crippen LogP contribution is 2.05. The van der Waals surface area contributed by atoms with Crippen molar-refractivity contribution in [3.05, 3.63) is 35.6 Å². The minimum Gasteiger partial charge on any atom is -0.416 e. The number of allylic oxidation sites excluding steroid dienone is 4. The summed E-state index contributed by atoms with van der Waals surface area (Å²) in [5, 5.41) is 2.63. The van der Waals surface area contributed by atoms with E-state index in [4.69, 9.17) is 4.74 Å². The zero-order valence-corrected chi connectivity index (χ0v) is 11.3. The van der Waals surface area contributed by atoms with Gasteiger partial charge in [-0.05, 0) is 40.5 Å². The smallest absolute Gasteiger partial charge is 0.412 e. The topological polar surface area (TPSA) is 38.3 Å². The Morgan fingerprint density at radius 3 is 2.41 bits per heavy atom.